The summed E-state index contributed by atoms with van der Waals surface area (Å²) >= 11 is 5.75. The van der Waals surface area contributed by atoms with Crippen LogP contribution >= 0.6 is 11.6 Å². The third-order valence-electron chi connectivity index (χ3n) is 2.72. The number of carbonyl (C=O) groups is 1. The highest BCUT2D eigenvalue weighted by Gasteiger charge is 2.17. The van der Waals surface area contributed by atoms with Gasteiger partial charge in [0, 0.05) is 34.4 Å². The molecule has 0 heterocycles. The highest BCUT2D eigenvalue weighted by molar-refractivity contribution is 7.89. The van der Waals surface area contributed by atoms with E-state index < -0.39 is 26.7 Å². The third-order valence-corrected chi connectivity index (χ3v) is 4.92. The molecule has 0 aliphatic carbocycles. The second-order valence-corrected chi connectivity index (χ2v) is 8.12. The fourth-order valence-electron chi connectivity index (χ4n) is 1.58. The maximum Gasteiger partial charge on any atom is 0.251 e. The first-order valence-corrected chi connectivity index (χ1v) is 9.69. The highest BCUT2D eigenvalue weighted by Crippen LogP contribution is 2.21. The van der Waals surface area contributed by atoms with Crippen molar-refractivity contribution < 1.29 is 17.4 Å². The summed E-state index contributed by atoms with van der Waals surface area (Å²) in [4.78, 5) is 11.7. The Labute approximate surface area is 131 Å². The molecule has 0 aromatic heterocycles. The molecule has 2 atom stereocenters. The average molecular weight is 353 g/mol. The monoisotopic (exact) mass is 352 g/mol. The van der Waals surface area contributed by atoms with E-state index in [1.165, 1.54) is 12.1 Å². The van der Waals surface area contributed by atoms with E-state index in [9.17, 15) is 17.4 Å². The number of nitrogens with two attached hydrogens (primary N) is 1. The molecule has 0 fully saturated rings. The van der Waals surface area contributed by atoms with Crippen molar-refractivity contribution in [3.63, 3.8) is 0 Å². The van der Waals surface area contributed by atoms with Crippen LogP contribution in [0.25, 0.3) is 0 Å². The fourth-order valence-corrected chi connectivity index (χ4v) is 3.34. The molecule has 0 aliphatic rings. The van der Waals surface area contributed by atoms with Crippen LogP contribution in [0, 0.1) is 0 Å². The maximum atomic E-state index is 12.0. The van der Waals surface area contributed by atoms with Gasteiger partial charge in [0.2, 0.25) is 10.0 Å². The first-order chi connectivity index (χ1) is 9.61. The molecular formula is C12H17ClN2O4S2. The van der Waals surface area contributed by atoms with Gasteiger partial charge in [-0.15, -0.1) is 0 Å². The predicted octanol–water partition coefficient (Wildman–Crippen LogP) is 0.874. The van der Waals surface area contributed by atoms with Crippen molar-refractivity contribution in [1.29, 1.82) is 0 Å². The van der Waals surface area contributed by atoms with Crippen molar-refractivity contribution in [2.75, 3.05) is 12.0 Å². The zero-order chi connectivity index (χ0) is 16.2. The predicted molar refractivity (Wildman–Crippen MR) is 83.3 cm³/mol. The number of benzene rings is 1. The molecule has 0 saturated heterocycles. The van der Waals surface area contributed by atoms with E-state index in [0.29, 0.717) is 12.2 Å². The van der Waals surface area contributed by atoms with Gasteiger partial charge in [0.1, 0.15) is 4.90 Å². The average Bonchev–Trinajstić information content (AvgIpc) is 2.35. The molecule has 0 aliphatic heterocycles. The lowest BCUT2D eigenvalue weighted by molar-refractivity contribution is 0.0939. The quantitative estimate of drug-likeness (QED) is 0.792. The molecule has 1 amide bonds. The normalized spacial score (nSPS) is 14.5. The Kier molecular flexibility index (Phi) is 6.33. The Hall–Kier alpha value is -0.960. The van der Waals surface area contributed by atoms with Gasteiger partial charge in [-0.1, -0.05) is 11.6 Å². The number of amides is 1. The van der Waals surface area contributed by atoms with Gasteiger partial charge < -0.3 is 5.32 Å². The summed E-state index contributed by atoms with van der Waals surface area (Å²) in [5.41, 5.74) is 0.146. The minimum absolute atomic E-state index is 0.0384. The Morgan fingerprint density at radius 3 is 2.62 bits per heavy atom. The van der Waals surface area contributed by atoms with Gasteiger partial charge in [0.05, 0.1) is 5.02 Å². The summed E-state index contributed by atoms with van der Waals surface area (Å²) < 4.78 is 33.7. The molecule has 0 saturated carbocycles. The smallest absolute Gasteiger partial charge is 0.251 e. The number of sulfonamides is 1. The summed E-state index contributed by atoms with van der Waals surface area (Å²) in [6, 6.07) is 3.67. The molecule has 3 N–H and O–H groups in total. The van der Waals surface area contributed by atoms with E-state index in [2.05, 4.69) is 5.32 Å². The molecule has 1 aromatic rings. The van der Waals surface area contributed by atoms with Crippen LogP contribution < -0.4 is 10.5 Å². The molecule has 1 rings (SSSR count). The van der Waals surface area contributed by atoms with Gasteiger partial charge in [0.15, 0.2) is 0 Å². The molecule has 2 unspecified atom stereocenters. The van der Waals surface area contributed by atoms with Crippen molar-refractivity contribution >= 4 is 38.3 Å². The number of halogens is 1. The lowest BCUT2D eigenvalue weighted by Gasteiger charge is -2.13. The molecule has 6 nitrogen and oxygen atoms in total. The molecule has 118 valence electrons. The third kappa shape index (κ3) is 5.74. The van der Waals surface area contributed by atoms with Crippen molar-refractivity contribution in [3.8, 4) is 0 Å². The number of rotatable bonds is 6. The van der Waals surface area contributed by atoms with Crippen LogP contribution in [0.2, 0.25) is 5.02 Å². The lowest BCUT2D eigenvalue weighted by atomic mass is 10.2. The summed E-state index contributed by atoms with van der Waals surface area (Å²) in [7, 11) is -4.92. The molecule has 9 heteroatoms. The zero-order valence-electron chi connectivity index (χ0n) is 11.6. The Balaban J connectivity index is 2.87. The van der Waals surface area contributed by atoms with E-state index >= 15 is 0 Å². The number of primary sulfonamides is 1. The van der Waals surface area contributed by atoms with Crippen molar-refractivity contribution in [2.45, 2.75) is 24.3 Å². The minimum atomic E-state index is -3.99. The van der Waals surface area contributed by atoms with E-state index in [1.807, 2.05) is 0 Å². The molecule has 0 radical (unpaired) electrons. The van der Waals surface area contributed by atoms with Crippen LogP contribution in [0.4, 0.5) is 0 Å². The van der Waals surface area contributed by atoms with Crippen LogP contribution in [0.15, 0.2) is 23.1 Å². The van der Waals surface area contributed by atoms with E-state index in [-0.39, 0.29) is 21.5 Å². The Bertz CT molecular complexity index is 661. The number of carbonyl (C=O) groups excluding carboxylic acids is 1. The summed E-state index contributed by atoms with van der Waals surface area (Å²) in [5, 5.41) is 7.69. The second kappa shape index (κ2) is 7.35. The second-order valence-electron chi connectivity index (χ2n) is 4.63. The maximum absolute atomic E-state index is 12.0. The minimum Gasteiger partial charge on any atom is -0.350 e. The Morgan fingerprint density at radius 2 is 2.10 bits per heavy atom. The highest BCUT2D eigenvalue weighted by atomic mass is 35.5. The van der Waals surface area contributed by atoms with Crippen LogP contribution in [0.1, 0.15) is 23.7 Å². The van der Waals surface area contributed by atoms with Gasteiger partial charge in [-0.05, 0) is 31.5 Å². The number of hydrogen-bond donors (Lipinski definition) is 2. The molecule has 1 aromatic carbocycles. The van der Waals surface area contributed by atoms with Gasteiger partial charge in [0.25, 0.3) is 5.91 Å². The van der Waals surface area contributed by atoms with Crippen molar-refractivity contribution in [2.24, 2.45) is 5.14 Å². The lowest BCUT2D eigenvalue weighted by Crippen LogP contribution is -2.33. The summed E-state index contributed by atoms with van der Waals surface area (Å²) in [6.45, 7) is 1.78. The van der Waals surface area contributed by atoms with Gasteiger partial charge in [-0.25, -0.2) is 13.6 Å². The standard InChI is InChI=1S/C12H17ClN2O4S2/c1-8(5-6-20(2)17)15-12(16)9-3-4-10(13)11(7-9)21(14,18)19/h3-4,7-8H,5-6H2,1-2H3,(H,15,16)(H2,14,18,19). The number of hydrogen-bond acceptors (Lipinski definition) is 4. The molecule has 0 spiro atoms. The topological polar surface area (TPSA) is 106 Å². The van der Waals surface area contributed by atoms with Crippen LogP contribution in [0.3, 0.4) is 0 Å². The fraction of sp³-hybridized carbons (Fsp3) is 0.417. The molecule has 21 heavy (non-hydrogen) atoms. The first kappa shape index (κ1) is 18.1. The number of nitrogens with one attached hydrogen (secondary N) is 1. The van der Waals surface area contributed by atoms with Crippen LogP contribution in [-0.4, -0.2) is 36.6 Å². The van der Waals surface area contributed by atoms with Gasteiger partial charge >= 0.3 is 0 Å². The van der Waals surface area contributed by atoms with Crippen molar-refractivity contribution in [1.82, 2.24) is 5.32 Å². The van der Waals surface area contributed by atoms with Crippen LogP contribution in [-0.2, 0) is 20.8 Å². The van der Waals surface area contributed by atoms with Crippen molar-refractivity contribution in [3.05, 3.63) is 28.8 Å². The molecular weight excluding hydrogens is 336 g/mol. The first-order valence-electron chi connectivity index (χ1n) is 6.04. The van der Waals surface area contributed by atoms with Gasteiger partial charge in [-0.2, -0.15) is 0 Å². The van der Waals surface area contributed by atoms with E-state index in [4.69, 9.17) is 16.7 Å². The molecule has 0 bridgehead atoms. The van der Waals surface area contributed by atoms with E-state index in [0.717, 1.165) is 6.07 Å². The Morgan fingerprint density at radius 1 is 1.48 bits per heavy atom. The van der Waals surface area contributed by atoms with Crippen LogP contribution in [0.5, 0.6) is 0 Å². The van der Waals surface area contributed by atoms with Gasteiger partial charge in [-0.3, -0.25) is 9.00 Å². The van der Waals surface area contributed by atoms with E-state index in [1.54, 1.807) is 13.2 Å². The SMILES string of the molecule is CC(CCS(C)=O)NC(=O)c1ccc(Cl)c(S(N)(=O)=O)c1. The summed E-state index contributed by atoms with van der Waals surface area (Å²) in [5.74, 6) is 0.0377. The largest absolute Gasteiger partial charge is 0.350 e. The summed E-state index contributed by atoms with van der Waals surface area (Å²) in [6.07, 6.45) is 2.15. The zero-order valence-corrected chi connectivity index (χ0v) is 14.0.